The fraction of sp³-hybridized carbons (Fsp3) is 0.421. The molecular weight excluding hydrogens is 409 g/mol. The lowest BCUT2D eigenvalue weighted by molar-refractivity contribution is -0.385. The van der Waals surface area contributed by atoms with Crippen LogP contribution in [0.3, 0.4) is 0 Å². The maximum Gasteiger partial charge on any atom is 0.323 e. The van der Waals surface area contributed by atoms with Gasteiger partial charge in [0.15, 0.2) is 11.6 Å². The average molecular weight is 433 g/mol. The molecule has 1 aliphatic heterocycles. The number of halogens is 1. The summed E-state index contributed by atoms with van der Waals surface area (Å²) >= 11 is 0. The number of carbonyl (C=O) groups excluding carboxylic acids is 1. The molecule has 0 bridgehead atoms. The number of rotatable bonds is 6. The molecule has 0 atom stereocenters. The normalized spacial score (nSPS) is 14.9. The summed E-state index contributed by atoms with van der Waals surface area (Å²) < 4.78 is 19.4. The topological polar surface area (TPSA) is 140 Å². The summed E-state index contributed by atoms with van der Waals surface area (Å²) in [6, 6.07) is 4.03. The van der Waals surface area contributed by atoms with Gasteiger partial charge < -0.3 is 15.4 Å². The van der Waals surface area contributed by atoms with E-state index >= 15 is 0 Å². The second-order valence-corrected chi connectivity index (χ2v) is 7.64. The third-order valence-corrected chi connectivity index (χ3v) is 5.14. The van der Waals surface area contributed by atoms with E-state index in [1.54, 1.807) is 4.90 Å². The summed E-state index contributed by atoms with van der Waals surface area (Å²) in [4.78, 5) is 34.3. The summed E-state index contributed by atoms with van der Waals surface area (Å²) in [5.41, 5.74) is 5.30. The predicted molar refractivity (Wildman–Crippen MR) is 110 cm³/mol. The number of nitrogens with zero attached hydrogens (tertiary/aromatic N) is 5. The number of urea groups is 1. The molecule has 1 aromatic heterocycles. The van der Waals surface area contributed by atoms with Gasteiger partial charge in [0.2, 0.25) is 5.88 Å². The van der Waals surface area contributed by atoms with Crippen LogP contribution in [0.15, 0.2) is 30.6 Å². The number of nitro groups is 1. The first kappa shape index (κ1) is 22.3. The minimum Gasteiger partial charge on any atom is -0.436 e. The molecular formula is C19H24FN7O4. The van der Waals surface area contributed by atoms with Crippen molar-refractivity contribution in [3.8, 4) is 11.6 Å². The third kappa shape index (κ3) is 5.41. The SMILES string of the molecule is CC(C)(CN)N1CCN(C(=O)Nc2cc(Oc3ccc([N+](=O)[O-])cc3F)ncn2)CC1. The molecule has 0 saturated carbocycles. The summed E-state index contributed by atoms with van der Waals surface area (Å²) in [5, 5.41) is 13.4. The molecule has 1 aliphatic rings. The lowest BCUT2D eigenvalue weighted by atomic mass is 10.0. The van der Waals surface area contributed by atoms with Crippen molar-refractivity contribution in [2.75, 3.05) is 38.0 Å². The van der Waals surface area contributed by atoms with Crippen molar-refractivity contribution >= 4 is 17.5 Å². The smallest absolute Gasteiger partial charge is 0.323 e. The molecule has 0 radical (unpaired) electrons. The van der Waals surface area contributed by atoms with Crippen LogP contribution in [0.25, 0.3) is 0 Å². The molecule has 3 rings (SSSR count). The Bertz CT molecular complexity index is 964. The van der Waals surface area contributed by atoms with Crippen molar-refractivity contribution in [1.29, 1.82) is 0 Å². The van der Waals surface area contributed by atoms with Crippen LogP contribution in [-0.2, 0) is 0 Å². The quantitative estimate of drug-likeness (QED) is 0.522. The number of hydrogen-bond donors (Lipinski definition) is 2. The number of nitrogens with two attached hydrogens (primary N) is 1. The zero-order chi connectivity index (χ0) is 22.6. The molecule has 166 valence electrons. The van der Waals surface area contributed by atoms with Crippen molar-refractivity contribution in [2.45, 2.75) is 19.4 Å². The van der Waals surface area contributed by atoms with Gasteiger partial charge in [-0.3, -0.25) is 20.3 Å². The van der Waals surface area contributed by atoms with Gasteiger partial charge in [0.05, 0.1) is 11.0 Å². The van der Waals surface area contributed by atoms with E-state index in [1.165, 1.54) is 6.07 Å². The second kappa shape index (κ2) is 9.18. The predicted octanol–water partition coefficient (Wildman–Crippen LogP) is 2.20. The number of piperazine rings is 1. The number of ether oxygens (including phenoxy) is 1. The van der Waals surface area contributed by atoms with Crippen LogP contribution in [0.5, 0.6) is 11.6 Å². The Morgan fingerprint density at radius 3 is 2.61 bits per heavy atom. The molecule has 0 spiro atoms. The number of carbonyl (C=O) groups is 1. The first-order valence-electron chi connectivity index (χ1n) is 9.64. The molecule has 12 heteroatoms. The number of benzene rings is 1. The number of anilines is 1. The van der Waals surface area contributed by atoms with Crippen LogP contribution in [0.2, 0.25) is 0 Å². The second-order valence-electron chi connectivity index (χ2n) is 7.64. The monoisotopic (exact) mass is 433 g/mol. The number of nitro benzene ring substituents is 1. The summed E-state index contributed by atoms with van der Waals surface area (Å²) in [5.74, 6) is -0.980. The van der Waals surface area contributed by atoms with E-state index < -0.39 is 16.4 Å². The summed E-state index contributed by atoms with van der Waals surface area (Å²) in [6.07, 6.45) is 1.16. The lowest BCUT2D eigenvalue weighted by Crippen LogP contribution is -2.58. The molecule has 1 aromatic carbocycles. The fourth-order valence-corrected chi connectivity index (χ4v) is 3.09. The highest BCUT2D eigenvalue weighted by atomic mass is 19.1. The van der Waals surface area contributed by atoms with Crippen LogP contribution in [-0.4, -0.2) is 69.0 Å². The van der Waals surface area contributed by atoms with Crippen LogP contribution < -0.4 is 15.8 Å². The van der Waals surface area contributed by atoms with Gasteiger partial charge >= 0.3 is 6.03 Å². The van der Waals surface area contributed by atoms with Gasteiger partial charge in [-0.1, -0.05) is 0 Å². The number of aromatic nitrogens is 2. The maximum absolute atomic E-state index is 14.0. The number of hydrogen-bond acceptors (Lipinski definition) is 8. The molecule has 2 aromatic rings. The van der Waals surface area contributed by atoms with Crippen LogP contribution >= 0.6 is 0 Å². The third-order valence-electron chi connectivity index (χ3n) is 5.14. The van der Waals surface area contributed by atoms with Gasteiger partial charge in [0, 0.05) is 50.4 Å². The lowest BCUT2D eigenvalue weighted by Gasteiger charge is -2.43. The average Bonchev–Trinajstić information content (AvgIpc) is 2.75. The first-order chi connectivity index (χ1) is 14.7. The van der Waals surface area contributed by atoms with E-state index in [1.807, 2.05) is 0 Å². The van der Waals surface area contributed by atoms with Crippen LogP contribution in [0, 0.1) is 15.9 Å². The van der Waals surface area contributed by atoms with Gasteiger partial charge in [-0.05, 0) is 19.9 Å². The fourth-order valence-electron chi connectivity index (χ4n) is 3.09. The van der Waals surface area contributed by atoms with Gasteiger partial charge in [-0.25, -0.2) is 19.2 Å². The summed E-state index contributed by atoms with van der Waals surface area (Å²) in [6.45, 7) is 7.15. The van der Waals surface area contributed by atoms with E-state index in [4.69, 9.17) is 10.5 Å². The van der Waals surface area contributed by atoms with Gasteiger partial charge in [-0.15, -0.1) is 0 Å². The Morgan fingerprint density at radius 1 is 1.29 bits per heavy atom. The van der Waals surface area contributed by atoms with Crippen LogP contribution in [0.4, 0.5) is 20.7 Å². The Kier molecular flexibility index (Phi) is 6.61. The van der Waals surface area contributed by atoms with Crippen molar-refractivity contribution in [3.05, 3.63) is 46.5 Å². The molecule has 0 aliphatic carbocycles. The molecule has 11 nitrogen and oxygen atoms in total. The molecule has 31 heavy (non-hydrogen) atoms. The molecule has 1 saturated heterocycles. The number of nitrogens with one attached hydrogen (secondary N) is 1. The first-order valence-corrected chi connectivity index (χ1v) is 9.64. The van der Waals surface area contributed by atoms with Gasteiger partial charge in [0.1, 0.15) is 12.1 Å². The highest BCUT2D eigenvalue weighted by molar-refractivity contribution is 5.88. The molecule has 1 fully saturated rings. The van der Waals surface area contributed by atoms with Gasteiger partial charge in [-0.2, -0.15) is 0 Å². The van der Waals surface area contributed by atoms with Crippen LogP contribution in [0.1, 0.15) is 13.8 Å². The standard InChI is InChI=1S/C19H24FN7O4/c1-19(2,11-21)26-7-5-25(6-8-26)18(28)24-16-10-17(23-12-22-16)31-15-4-3-13(27(29)30)9-14(15)20/h3-4,9-10,12H,5-8,11,21H2,1-2H3,(H,22,23,24,28). The van der Waals surface area contributed by atoms with Crippen molar-refractivity contribution in [2.24, 2.45) is 5.73 Å². The highest BCUT2D eigenvalue weighted by Gasteiger charge is 2.30. The van der Waals surface area contributed by atoms with Crippen molar-refractivity contribution in [3.63, 3.8) is 0 Å². The van der Waals surface area contributed by atoms with E-state index in [-0.39, 0.29) is 29.0 Å². The molecule has 3 N–H and O–H groups in total. The van der Waals surface area contributed by atoms with E-state index in [0.717, 1.165) is 24.5 Å². The zero-order valence-corrected chi connectivity index (χ0v) is 17.2. The van der Waals surface area contributed by atoms with Gasteiger partial charge in [0.25, 0.3) is 5.69 Å². The van der Waals surface area contributed by atoms with E-state index in [2.05, 4.69) is 34.0 Å². The van der Waals surface area contributed by atoms with Crippen molar-refractivity contribution < 1.29 is 18.8 Å². The molecule has 0 unspecified atom stereocenters. The minimum absolute atomic E-state index is 0.0208. The van der Waals surface area contributed by atoms with Crippen molar-refractivity contribution in [1.82, 2.24) is 19.8 Å². The Balaban J connectivity index is 1.61. The largest absolute Gasteiger partial charge is 0.436 e. The summed E-state index contributed by atoms with van der Waals surface area (Å²) in [7, 11) is 0. The van der Waals surface area contributed by atoms with E-state index in [0.29, 0.717) is 32.7 Å². The Labute approximate surface area is 178 Å². The highest BCUT2D eigenvalue weighted by Crippen LogP contribution is 2.27. The molecule has 2 heterocycles. The molecule has 2 amide bonds. The number of non-ortho nitro benzene ring substituents is 1. The maximum atomic E-state index is 14.0. The number of amides is 2. The van der Waals surface area contributed by atoms with E-state index in [9.17, 15) is 19.3 Å². The zero-order valence-electron chi connectivity index (χ0n) is 17.2. The minimum atomic E-state index is -0.906. The Hall–Kier alpha value is -3.38. The Morgan fingerprint density at radius 2 is 2.00 bits per heavy atom.